The van der Waals surface area contributed by atoms with Gasteiger partial charge < -0.3 is 4.90 Å². The van der Waals surface area contributed by atoms with Crippen LogP contribution in [0.2, 0.25) is 5.02 Å². The van der Waals surface area contributed by atoms with Gasteiger partial charge in [0.05, 0.1) is 6.67 Å². The van der Waals surface area contributed by atoms with Crippen LogP contribution in [0.25, 0.3) is 5.65 Å². The zero-order valence-electron chi connectivity index (χ0n) is 14.1. The molecule has 4 rings (SSSR count). The zero-order valence-corrected chi connectivity index (χ0v) is 15.7. The molecule has 1 saturated heterocycles. The predicted octanol–water partition coefficient (Wildman–Crippen LogP) is 3.61. The van der Waals surface area contributed by atoms with E-state index in [4.69, 9.17) is 23.8 Å². The summed E-state index contributed by atoms with van der Waals surface area (Å²) in [6, 6.07) is 12.0. The average Bonchev–Trinajstić information content (AvgIpc) is 2.94. The highest BCUT2D eigenvalue weighted by Crippen LogP contribution is 2.25. The molecule has 130 valence electrons. The summed E-state index contributed by atoms with van der Waals surface area (Å²) in [6.07, 6.45) is 1.96. The molecule has 0 N–H and O–H groups in total. The van der Waals surface area contributed by atoms with Crippen LogP contribution >= 0.6 is 23.8 Å². The van der Waals surface area contributed by atoms with Crippen molar-refractivity contribution in [3.63, 3.8) is 0 Å². The average molecular weight is 374 g/mol. The summed E-state index contributed by atoms with van der Waals surface area (Å²) >= 11 is 11.7. The van der Waals surface area contributed by atoms with Gasteiger partial charge in [0, 0.05) is 43.1 Å². The van der Waals surface area contributed by atoms with E-state index in [-0.39, 0.29) is 0 Å². The molecule has 0 spiro atoms. The van der Waals surface area contributed by atoms with Gasteiger partial charge in [0.1, 0.15) is 0 Å². The van der Waals surface area contributed by atoms with Crippen LogP contribution in [0.15, 0.2) is 42.6 Å². The maximum atomic E-state index is 6.17. The topological polar surface area (TPSA) is 28.7 Å². The third kappa shape index (κ3) is 3.29. The molecule has 0 amide bonds. The summed E-state index contributed by atoms with van der Waals surface area (Å²) in [5.41, 5.74) is 3.39. The van der Waals surface area contributed by atoms with Gasteiger partial charge in [-0.1, -0.05) is 23.7 Å². The van der Waals surface area contributed by atoms with Crippen molar-refractivity contribution in [3.05, 3.63) is 58.0 Å². The fourth-order valence-electron chi connectivity index (χ4n) is 3.30. The van der Waals surface area contributed by atoms with Gasteiger partial charge in [0.15, 0.2) is 5.65 Å². The Hall–Kier alpha value is -1.89. The molecule has 1 aliphatic heterocycles. The van der Waals surface area contributed by atoms with Crippen LogP contribution in [0.5, 0.6) is 0 Å². The molecule has 0 saturated carbocycles. The molecule has 0 unspecified atom stereocenters. The van der Waals surface area contributed by atoms with Gasteiger partial charge in [0.25, 0.3) is 0 Å². The smallest absolute Gasteiger partial charge is 0.203 e. The van der Waals surface area contributed by atoms with Crippen molar-refractivity contribution in [2.75, 3.05) is 31.1 Å². The van der Waals surface area contributed by atoms with Crippen LogP contribution in [0.1, 0.15) is 5.56 Å². The Bertz CT molecular complexity index is 955. The number of anilines is 1. The minimum atomic E-state index is 0.725. The first-order chi connectivity index (χ1) is 12.1. The van der Waals surface area contributed by atoms with Crippen LogP contribution in [0, 0.1) is 11.7 Å². The van der Waals surface area contributed by atoms with Crippen LogP contribution in [-0.2, 0) is 6.67 Å². The van der Waals surface area contributed by atoms with E-state index >= 15 is 0 Å². The number of pyridine rings is 1. The van der Waals surface area contributed by atoms with Crippen LogP contribution in [-0.4, -0.2) is 45.3 Å². The monoisotopic (exact) mass is 373 g/mol. The quantitative estimate of drug-likeness (QED) is 0.656. The largest absolute Gasteiger partial charge is 0.369 e. The van der Waals surface area contributed by atoms with E-state index in [2.05, 4.69) is 34.0 Å². The summed E-state index contributed by atoms with van der Waals surface area (Å²) in [6.45, 7) is 6.75. The molecule has 0 aliphatic carbocycles. The van der Waals surface area contributed by atoms with Crippen molar-refractivity contribution in [2.45, 2.75) is 13.6 Å². The summed E-state index contributed by atoms with van der Waals surface area (Å²) in [4.78, 5) is 4.79. The van der Waals surface area contributed by atoms with Gasteiger partial charge >= 0.3 is 0 Å². The summed E-state index contributed by atoms with van der Waals surface area (Å²) in [5, 5.41) is 5.40. The maximum absolute atomic E-state index is 6.17. The molecular formula is C18H20ClN5S. The fraction of sp³-hybridized carbons (Fsp3) is 0.333. The standard InChI is InChI=1S/C18H20ClN5S/c1-14-5-6-15(19)12-16(14)22-10-8-21(9-11-22)13-24-18(25)23-7-3-2-4-17(23)20-24/h2-7,12H,8-11,13H2,1H3. The molecule has 2 aromatic heterocycles. The lowest BCUT2D eigenvalue weighted by molar-refractivity contribution is 0.194. The van der Waals surface area contributed by atoms with E-state index in [1.165, 1.54) is 11.3 Å². The first-order valence-electron chi connectivity index (χ1n) is 8.39. The lowest BCUT2D eigenvalue weighted by atomic mass is 10.1. The van der Waals surface area contributed by atoms with Gasteiger partial charge in [-0.15, -0.1) is 0 Å². The Morgan fingerprint density at radius 3 is 2.68 bits per heavy atom. The van der Waals surface area contributed by atoms with E-state index in [1.54, 1.807) is 0 Å². The number of hydrogen-bond acceptors (Lipinski definition) is 4. The molecule has 1 fully saturated rings. The minimum absolute atomic E-state index is 0.725. The normalized spacial score (nSPS) is 15.8. The molecule has 1 aliphatic rings. The summed E-state index contributed by atoms with van der Waals surface area (Å²) < 4.78 is 4.59. The highest BCUT2D eigenvalue weighted by atomic mass is 35.5. The van der Waals surface area contributed by atoms with Crippen molar-refractivity contribution in [3.8, 4) is 0 Å². The van der Waals surface area contributed by atoms with Crippen LogP contribution in [0.4, 0.5) is 5.69 Å². The molecule has 3 heterocycles. The number of benzene rings is 1. The summed E-state index contributed by atoms with van der Waals surface area (Å²) in [5.74, 6) is 0. The van der Waals surface area contributed by atoms with Gasteiger partial charge in [-0.2, -0.15) is 5.10 Å². The Morgan fingerprint density at radius 1 is 1.12 bits per heavy atom. The number of nitrogens with zero attached hydrogens (tertiary/aromatic N) is 5. The van der Waals surface area contributed by atoms with Crippen molar-refractivity contribution in [1.82, 2.24) is 19.1 Å². The highest BCUT2D eigenvalue weighted by molar-refractivity contribution is 7.71. The molecule has 0 bridgehead atoms. The SMILES string of the molecule is Cc1ccc(Cl)cc1N1CCN(Cn2nc3ccccn3c2=S)CC1. The maximum Gasteiger partial charge on any atom is 0.203 e. The third-order valence-electron chi connectivity index (χ3n) is 4.71. The number of hydrogen-bond donors (Lipinski definition) is 0. The fourth-order valence-corrected chi connectivity index (χ4v) is 3.72. The van der Waals surface area contributed by atoms with Crippen LogP contribution < -0.4 is 4.90 Å². The zero-order chi connectivity index (χ0) is 17.4. The van der Waals surface area contributed by atoms with E-state index < -0.39 is 0 Å². The Morgan fingerprint density at radius 2 is 1.92 bits per heavy atom. The van der Waals surface area contributed by atoms with Crippen LogP contribution in [0.3, 0.4) is 0 Å². The second kappa shape index (κ2) is 6.78. The van der Waals surface area contributed by atoms with Gasteiger partial charge in [0.2, 0.25) is 4.77 Å². The predicted molar refractivity (Wildman–Crippen MR) is 104 cm³/mol. The number of piperazine rings is 1. The Balaban J connectivity index is 1.46. The number of rotatable bonds is 3. The van der Waals surface area contributed by atoms with Gasteiger partial charge in [-0.25, -0.2) is 4.68 Å². The van der Waals surface area contributed by atoms with Crippen molar-refractivity contribution in [1.29, 1.82) is 0 Å². The molecule has 0 radical (unpaired) electrons. The molecule has 25 heavy (non-hydrogen) atoms. The lowest BCUT2D eigenvalue weighted by Crippen LogP contribution is -2.47. The number of halogens is 1. The van der Waals surface area contributed by atoms with E-state index in [1.807, 2.05) is 39.5 Å². The molecule has 0 atom stereocenters. The number of aryl methyl sites for hydroxylation is 1. The number of fused-ring (bicyclic) bond motifs is 1. The molecule has 3 aromatic rings. The van der Waals surface area contributed by atoms with Crippen molar-refractivity contribution >= 4 is 35.2 Å². The second-order valence-electron chi connectivity index (χ2n) is 6.39. The molecule has 5 nitrogen and oxygen atoms in total. The Kier molecular flexibility index (Phi) is 4.50. The van der Waals surface area contributed by atoms with Gasteiger partial charge in [-0.05, 0) is 49.0 Å². The number of aromatic nitrogens is 3. The van der Waals surface area contributed by atoms with Gasteiger partial charge in [-0.3, -0.25) is 9.30 Å². The third-order valence-corrected chi connectivity index (χ3v) is 5.35. The first-order valence-corrected chi connectivity index (χ1v) is 9.18. The lowest BCUT2D eigenvalue weighted by Gasteiger charge is -2.36. The second-order valence-corrected chi connectivity index (χ2v) is 7.19. The molecular weight excluding hydrogens is 354 g/mol. The van der Waals surface area contributed by atoms with E-state index in [9.17, 15) is 0 Å². The van der Waals surface area contributed by atoms with E-state index in [0.29, 0.717) is 0 Å². The summed E-state index contributed by atoms with van der Waals surface area (Å²) in [7, 11) is 0. The first kappa shape index (κ1) is 16.6. The van der Waals surface area contributed by atoms with Crippen molar-refractivity contribution in [2.24, 2.45) is 0 Å². The highest BCUT2D eigenvalue weighted by Gasteiger charge is 2.19. The molecule has 1 aromatic carbocycles. The minimum Gasteiger partial charge on any atom is -0.369 e. The van der Waals surface area contributed by atoms with E-state index in [0.717, 1.165) is 48.3 Å². The van der Waals surface area contributed by atoms with Crippen molar-refractivity contribution < 1.29 is 0 Å². The molecule has 7 heteroatoms. The Labute approximate surface area is 157 Å².